The van der Waals surface area contributed by atoms with E-state index < -0.39 is 27.1 Å². The monoisotopic (exact) mass is 303 g/mol. The Kier molecular flexibility index (Phi) is 3.83. The fraction of sp³-hybridized carbons (Fsp3) is 0.846. The highest BCUT2D eigenvalue weighted by molar-refractivity contribution is 7.90. The topological polar surface area (TPSA) is 91.8 Å². The Bertz CT molecular complexity index is 523. The standard InChI is InChI=1S/C13H21NO5S/c1-9-6-14(7-10(9)12(16)17)11(15)5-13(3-4-13)8-20(2,18)19/h9-10H,3-8H2,1-2H3,(H,16,17)/t9-,10-/m1/s1. The first-order valence-corrected chi connectivity index (χ1v) is 8.86. The lowest BCUT2D eigenvalue weighted by atomic mass is 9.99. The lowest BCUT2D eigenvalue weighted by Gasteiger charge is -2.20. The van der Waals surface area contributed by atoms with Crippen LogP contribution in [0.4, 0.5) is 0 Å². The number of hydrogen-bond acceptors (Lipinski definition) is 4. The fourth-order valence-corrected chi connectivity index (χ4v) is 4.53. The molecule has 0 unspecified atom stereocenters. The first-order chi connectivity index (χ1) is 9.12. The Hall–Kier alpha value is -1.11. The van der Waals surface area contributed by atoms with E-state index in [0.29, 0.717) is 6.54 Å². The molecule has 7 heteroatoms. The summed E-state index contributed by atoms with van der Waals surface area (Å²) in [7, 11) is -3.09. The quantitative estimate of drug-likeness (QED) is 0.793. The van der Waals surface area contributed by atoms with Gasteiger partial charge in [-0.3, -0.25) is 9.59 Å². The first kappa shape index (κ1) is 15.3. The van der Waals surface area contributed by atoms with E-state index in [1.807, 2.05) is 6.92 Å². The van der Waals surface area contributed by atoms with Gasteiger partial charge >= 0.3 is 5.97 Å². The van der Waals surface area contributed by atoms with Crippen molar-refractivity contribution in [2.24, 2.45) is 17.3 Å². The van der Waals surface area contributed by atoms with Gasteiger partial charge in [-0.25, -0.2) is 8.42 Å². The molecule has 2 aliphatic rings. The second-order valence-corrected chi connectivity index (χ2v) is 8.61. The second-order valence-electron chi connectivity index (χ2n) is 6.47. The molecule has 114 valence electrons. The average molecular weight is 303 g/mol. The van der Waals surface area contributed by atoms with Gasteiger partial charge in [0.2, 0.25) is 5.91 Å². The van der Waals surface area contributed by atoms with Gasteiger partial charge in [0.1, 0.15) is 9.84 Å². The molecule has 0 aromatic heterocycles. The van der Waals surface area contributed by atoms with Gasteiger partial charge in [-0.1, -0.05) is 6.92 Å². The number of amides is 1. The Labute approximate surface area is 119 Å². The number of sulfone groups is 1. The largest absolute Gasteiger partial charge is 0.481 e. The van der Waals surface area contributed by atoms with E-state index in [9.17, 15) is 18.0 Å². The lowest BCUT2D eigenvalue weighted by molar-refractivity contribution is -0.142. The van der Waals surface area contributed by atoms with E-state index in [0.717, 1.165) is 12.8 Å². The SMILES string of the molecule is C[C@@H]1CN(C(=O)CC2(CS(C)(=O)=O)CC2)C[C@H]1C(=O)O. The molecule has 0 radical (unpaired) electrons. The molecule has 0 spiro atoms. The normalized spacial score (nSPS) is 28.4. The van der Waals surface area contributed by atoms with Crippen molar-refractivity contribution < 1.29 is 23.1 Å². The Balaban J connectivity index is 1.95. The molecule has 0 bridgehead atoms. The molecule has 1 aliphatic carbocycles. The fourth-order valence-electron chi connectivity index (χ4n) is 3.03. The third-order valence-electron chi connectivity index (χ3n) is 4.33. The maximum absolute atomic E-state index is 12.2. The van der Waals surface area contributed by atoms with E-state index in [-0.39, 0.29) is 30.5 Å². The second kappa shape index (κ2) is 5.02. The van der Waals surface area contributed by atoms with Crippen molar-refractivity contribution in [2.75, 3.05) is 25.1 Å². The highest BCUT2D eigenvalue weighted by atomic mass is 32.2. The summed E-state index contributed by atoms with van der Waals surface area (Å²) < 4.78 is 22.8. The molecule has 1 saturated carbocycles. The lowest BCUT2D eigenvalue weighted by Crippen LogP contribution is -2.33. The molecule has 1 N–H and O–H groups in total. The van der Waals surface area contributed by atoms with E-state index in [2.05, 4.69) is 0 Å². The molecule has 1 aliphatic heterocycles. The zero-order chi connectivity index (χ0) is 15.1. The van der Waals surface area contributed by atoms with Crippen LogP contribution < -0.4 is 0 Å². The first-order valence-electron chi connectivity index (χ1n) is 6.80. The van der Waals surface area contributed by atoms with Crippen molar-refractivity contribution in [3.05, 3.63) is 0 Å². The zero-order valence-corrected chi connectivity index (χ0v) is 12.6. The van der Waals surface area contributed by atoms with Gasteiger partial charge < -0.3 is 10.0 Å². The van der Waals surface area contributed by atoms with Crippen molar-refractivity contribution in [3.8, 4) is 0 Å². The summed E-state index contributed by atoms with van der Waals surface area (Å²) in [5, 5.41) is 9.06. The Morgan fingerprint density at radius 3 is 2.30 bits per heavy atom. The summed E-state index contributed by atoms with van der Waals surface area (Å²) >= 11 is 0. The average Bonchev–Trinajstić information content (AvgIpc) is 2.87. The number of rotatable bonds is 5. The molecule has 0 aromatic rings. The molecule has 6 nitrogen and oxygen atoms in total. The number of hydrogen-bond donors (Lipinski definition) is 1. The van der Waals surface area contributed by atoms with Crippen LogP contribution in [0.1, 0.15) is 26.2 Å². The van der Waals surface area contributed by atoms with E-state index in [1.165, 1.54) is 6.26 Å². The van der Waals surface area contributed by atoms with E-state index >= 15 is 0 Å². The number of carboxylic acids is 1. The number of likely N-dealkylation sites (tertiary alicyclic amines) is 1. The van der Waals surface area contributed by atoms with Gasteiger partial charge in [-0.05, 0) is 24.2 Å². The van der Waals surface area contributed by atoms with Crippen molar-refractivity contribution >= 4 is 21.7 Å². The molecule has 2 atom stereocenters. The van der Waals surface area contributed by atoms with Crippen LogP contribution in [0, 0.1) is 17.3 Å². The summed E-state index contributed by atoms with van der Waals surface area (Å²) in [5.74, 6) is -1.49. The number of carboxylic acid groups (broad SMARTS) is 1. The summed E-state index contributed by atoms with van der Waals surface area (Å²) in [4.78, 5) is 24.9. The number of aliphatic carboxylic acids is 1. The van der Waals surface area contributed by atoms with Crippen LogP contribution in [0.5, 0.6) is 0 Å². The van der Waals surface area contributed by atoms with Crippen molar-refractivity contribution in [1.82, 2.24) is 4.90 Å². The van der Waals surface area contributed by atoms with Crippen molar-refractivity contribution in [3.63, 3.8) is 0 Å². The molecule has 2 fully saturated rings. The molecule has 2 rings (SSSR count). The molecule has 1 saturated heterocycles. The van der Waals surface area contributed by atoms with Crippen LogP contribution in [0.25, 0.3) is 0 Å². The maximum Gasteiger partial charge on any atom is 0.308 e. The molecule has 1 heterocycles. The summed E-state index contributed by atoms with van der Waals surface area (Å²) in [5.41, 5.74) is -0.394. The summed E-state index contributed by atoms with van der Waals surface area (Å²) in [6, 6.07) is 0. The van der Waals surface area contributed by atoms with Crippen LogP contribution in [0.3, 0.4) is 0 Å². The highest BCUT2D eigenvalue weighted by Gasteiger charge is 2.48. The van der Waals surface area contributed by atoms with Crippen LogP contribution in [-0.4, -0.2) is 55.4 Å². The smallest absolute Gasteiger partial charge is 0.308 e. The minimum absolute atomic E-state index is 0.0531. The van der Waals surface area contributed by atoms with Crippen LogP contribution >= 0.6 is 0 Å². The summed E-state index contributed by atoms with van der Waals surface area (Å²) in [6.07, 6.45) is 2.93. The van der Waals surface area contributed by atoms with E-state index in [1.54, 1.807) is 4.90 Å². The van der Waals surface area contributed by atoms with Crippen LogP contribution in [0.15, 0.2) is 0 Å². The minimum atomic E-state index is -3.09. The van der Waals surface area contributed by atoms with E-state index in [4.69, 9.17) is 5.11 Å². The van der Waals surface area contributed by atoms with Gasteiger partial charge in [0.05, 0.1) is 11.7 Å². The molecule has 0 aromatic carbocycles. The third-order valence-corrected chi connectivity index (χ3v) is 5.47. The zero-order valence-electron chi connectivity index (χ0n) is 11.8. The third kappa shape index (κ3) is 3.50. The number of nitrogens with zero attached hydrogens (tertiary/aromatic N) is 1. The Morgan fingerprint density at radius 2 is 1.90 bits per heavy atom. The van der Waals surface area contributed by atoms with Gasteiger partial charge in [0.15, 0.2) is 0 Å². The maximum atomic E-state index is 12.2. The predicted molar refractivity (Wildman–Crippen MR) is 72.9 cm³/mol. The van der Waals surface area contributed by atoms with Crippen LogP contribution in [0.2, 0.25) is 0 Å². The Morgan fingerprint density at radius 1 is 1.30 bits per heavy atom. The molecule has 1 amide bonds. The molecule has 20 heavy (non-hydrogen) atoms. The van der Waals surface area contributed by atoms with Gasteiger partial charge in [-0.2, -0.15) is 0 Å². The van der Waals surface area contributed by atoms with Gasteiger partial charge in [0.25, 0.3) is 0 Å². The van der Waals surface area contributed by atoms with Gasteiger partial charge in [0, 0.05) is 25.8 Å². The molecular formula is C13H21NO5S. The number of carbonyl (C=O) groups is 2. The summed E-state index contributed by atoms with van der Waals surface area (Å²) in [6.45, 7) is 2.52. The van der Waals surface area contributed by atoms with Crippen LogP contribution in [-0.2, 0) is 19.4 Å². The highest BCUT2D eigenvalue weighted by Crippen LogP contribution is 2.50. The number of carbonyl (C=O) groups excluding carboxylic acids is 1. The van der Waals surface area contributed by atoms with Crippen molar-refractivity contribution in [2.45, 2.75) is 26.2 Å². The van der Waals surface area contributed by atoms with Crippen molar-refractivity contribution in [1.29, 1.82) is 0 Å². The van der Waals surface area contributed by atoms with Gasteiger partial charge in [-0.15, -0.1) is 0 Å². The molecular weight excluding hydrogens is 282 g/mol. The predicted octanol–water partition coefficient (Wildman–Crippen LogP) is 0.380. The minimum Gasteiger partial charge on any atom is -0.481 e.